The van der Waals surface area contributed by atoms with Crippen molar-refractivity contribution >= 4 is 21.9 Å². The molecular weight excluding hydrogens is 402 g/mol. The van der Waals surface area contributed by atoms with E-state index in [4.69, 9.17) is 10.7 Å². The zero-order valence-corrected chi connectivity index (χ0v) is 18.5. The Kier molecular flexibility index (Phi) is 5.21. The molecule has 1 atom stereocenters. The van der Waals surface area contributed by atoms with Crippen LogP contribution in [0.25, 0.3) is 21.9 Å². The third kappa shape index (κ3) is 3.56. The highest BCUT2D eigenvalue weighted by Gasteiger charge is 2.31. The van der Waals surface area contributed by atoms with Crippen molar-refractivity contribution in [1.82, 2.24) is 19.1 Å². The summed E-state index contributed by atoms with van der Waals surface area (Å²) in [5, 5.41) is 0.579. The lowest BCUT2D eigenvalue weighted by atomic mass is 10.0. The van der Waals surface area contributed by atoms with Gasteiger partial charge in [-0.2, -0.15) is 0 Å². The van der Waals surface area contributed by atoms with Gasteiger partial charge in [0.25, 0.3) is 5.56 Å². The SMILES string of the molecule is CC(C)CCC(c1nc2ccc(CN)cc2[nH]1)n1c(=O)n(C2CC2)c(=O)c2ccccc21. The Morgan fingerprint density at radius 2 is 1.91 bits per heavy atom. The maximum absolute atomic E-state index is 13.7. The van der Waals surface area contributed by atoms with Crippen LogP contribution in [0.15, 0.2) is 52.1 Å². The van der Waals surface area contributed by atoms with Crippen LogP contribution in [0, 0.1) is 5.92 Å². The third-order valence-corrected chi connectivity index (χ3v) is 6.38. The van der Waals surface area contributed by atoms with E-state index in [0.29, 0.717) is 23.4 Å². The van der Waals surface area contributed by atoms with Crippen molar-refractivity contribution in [2.24, 2.45) is 11.7 Å². The van der Waals surface area contributed by atoms with Gasteiger partial charge in [-0.25, -0.2) is 9.78 Å². The van der Waals surface area contributed by atoms with Gasteiger partial charge in [0.2, 0.25) is 0 Å². The largest absolute Gasteiger partial charge is 0.340 e. The predicted molar refractivity (Wildman–Crippen MR) is 127 cm³/mol. The van der Waals surface area contributed by atoms with Gasteiger partial charge in [-0.1, -0.05) is 32.0 Å². The van der Waals surface area contributed by atoms with E-state index in [2.05, 4.69) is 18.8 Å². The van der Waals surface area contributed by atoms with Crippen LogP contribution >= 0.6 is 0 Å². The summed E-state index contributed by atoms with van der Waals surface area (Å²) in [5.74, 6) is 1.21. The fourth-order valence-electron chi connectivity index (χ4n) is 4.50. The molecule has 7 nitrogen and oxygen atoms in total. The summed E-state index contributed by atoms with van der Waals surface area (Å²) in [6.07, 6.45) is 3.42. The highest BCUT2D eigenvalue weighted by atomic mass is 16.2. The number of fused-ring (bicyclic) bond motifs is 2. The fourth-order valence-corrected chi connectivity index (χ4v) is 4.50. The molecule has 4 aromatic rings. The van der Waals surface area contributed by atoms with Gasteiger partial charge in [0.05, 0.1) is 28.0 Å². The van der Waals surface area contributed by atoms with E-state index < -0.39 is 0 Å². The zero-order chi connectivity index (χ0) is 22.4. The van der Waals surface area contributed by atoms with Crippen LogP contribution in [0.3, 0.4) is 0 Å². The molecule has 166 valence electrons. The number of aromatic nitrogens is 4. The van der Waals surface area contributed by atoms with Crippen LogP contribution < -0.4 is 17.0 Å². The van der Waals surface area contributed by atoms with Gasteiger partial charge < -0.3 is 10.7 Å². The number of imidazole rings is 1. The molecule has 1 saturated carbocycles. The molecule has 0 aliphatic heterocycles. The summed E-state index contributed by atoms with van der Waals surface area (Å²) in [5.41, 5.74) is 8.82. The predicted octanol–water partition coefficient (Wildman–Crippen LogP) is 3.86. The monoisotopic (exact) mass is 431 g/mol. The normalized spacial score (nSPS) is 15.1. The molecule has 32 heavy (non-hydrogen) atoms. The molecule has 1 aliphatic rings. The average Bonchev–Trinajstić information content (AvgIpc) is 3.53. The Hall–Kier alpha value is -3.19. The molecule has 0 bridgehead atoms. The van der Waals surface area contributed by atoms with Crippen molar-refractivity contribution < 1.29 is 0 Å². The number of benzene rings is 2. The van der Waals surface area contributed by atoms with Crippen LogP contribution in [0.5, 0.6) is 0 Å². The first kappa shape index (κ1) is 20.7. The highest BCUT2D eigenvalue weighted by molar-refractivity contribution is 5.79. The number of rotatable bonds is 7. The van der Waals surface area contributed by atoms with Gasteiger partial charge in [0, 0.05) is 12.6 Å². The fraction of sp³-hybridized carbons (Fsp3) is 0.400. The Balaban J connectivity index is 1.76. The van der Waals surface area contributed by atoms with Crippen molar-refractivity contribution in [2.45, 2.75) is 58.2 Å². The van der Waals surface area contributed by atoms with E-state index in [0.717, 1.165) is 48.1 Å². The highest BCUT2D eigenvalue weighted by Crippen LogP contribution is 2.33. The van der Waals surface area contributed by atoms with Crippen LogP contribution in [0.4, 0.5) is 0 Å². The lowest BCUT2D eigenvalue weighted by molar-refractivity contribution is 0.432. The summed E-state index contributed by atoms with van der Waals surface area (Å²) < 4.78 is 3.25. The minimum atomic E-state index is -0.297. The lowest BCUT2D eigenvalue weighted by Crippen LogP contribution is -2.41. The van der Waals surface area contributed by atoms with Crippen molar-refractivity contribution in [3.8, 4) is 0 Å². The molecule has 3 N–H and O–H groups in total. The number of hydrogen-bond donors (Lipinski definition) is 2. The van der Waals surface area contributed by atoms with Gasteiger partial charge in [0.15, 0.2) is 0 Å². The minimum absolute atomic E-state index is 0.000564. The molecule has 7 heteroatoms. The number of nitrogens with zero attached hydrogens (tertiary/aromatic N) is 3. The number of para-hydroxylation sites is 1. The van der Waals surface area contributed by atoms with Gasteiger partial charge >= 0.3 is 5.69 Å². The van der Waals surface area contributed by atoms with Gasteiger partial charge in [0.1, 0.15) is 5.82 Å². The lowest BCUT2D eigenvalue weighted by Gasteiger charge is -2.22. The van der Waals surface area contributed by atoms with Gasteiger partial charge in [-0.3, -0.25) is 13.9 Å². The molecule has 1 unspecified atom stereocenters. The first-order chi connectivity index (χ1) is 15.5. The average molecular weight is 432 g/mol. The van der Waals surface area contributed by atoms with Crippen LogP contribution in [0.1, 0.15) is 63.0 Å². The Labute approximate surface area is 185 Å². The molecule has 2 aromatic carbocycles. The number of H-pyrrole nitrogens is 1. The molecule has 0 saturated heterocycles. The summed E-state index contributed by atoms with van der Waals surface area (Å²) in [7, 11) is 0. The van der Waals surface area contributed by atoms with E-state index in [1.54, 1.807) is 4.57 Å². The van der Waals surface area contributed by atoms with Crippen molar-refractivity contribution in [3.05, 3.63) is 74.7 Å². The summed E-state index contributed by atoms with van der Waals surface area (Å²) in [4.78, 5) is 35.2. The third-order valence-electron chi connectivity index (χ3n) is 6.38. The minimum Gasteiger partial charge on any atom is -0.340 e. The first-order valence-electron chi connectivity index (χ1n) is 11.4. The van der Waals surface area contributed by atoms with Gasteiger partial charge in [-0.05, 0) is 61.4 Å². The summed E-state index contributed by atoms with van der Waals surface area (Å²) in [6.45, 7) is 4.81. The first-order valence-corrected chi connectivity index (χ1v) is 11.4. The zero-order valence-electron chi connectivity index (χ0n) is 18.5. The second-order valence-corrected chi connectivity index (χ2v) is 9.24. The number of nitrogens with one attached hydrogen (secondary N) is 1. The van der Waals surface area contributed by atoms with Crippen LogP contribution in [-0.4, -0.2) is 19.1 Å². The molecule has 1 fully saturated rings. The number of nitrogens with two attached hydrogens (primary N) is 1. The van der Waals surface area contributed by atoms with Crippen LogP contribution in [0.2, 0.25) is 0 Å². The Morgan fingerprint density at radius 3 is 2.62 bits per heavy atom. The summed E-state index contributed by atoms with van der Waals surface area (Å²) in [6, 6.07) is 13.1. The smallest absolute Gasteiger partial charge is 0.332 e. The second kappa shape index (κ2) is 8.06. The molecule has 1 aliphatic carbocycles. The van der Waals surface area contributed by atoms with E-state index in [1.165, 1.54) is 4.57 Å². The Bertz CT molecular complexity index is 1410. The summed E-state index contributed by atoms with van der Waals surface area (Å²) >= 11 is 0. The number of aromatic amines is 1. The van der Waals surface area contributed by atoms with Crippen molar-refractivity contribution in [1.29, 1.82) is 0 Å². The van der Waals surface area contributed by atoms with E-state index >= 15 is 0 Å². The van der Waals surface area contributed by atoms with Gasteiger partial charge in [-0.15, -0.1) is 0 Å². The van der Waals surface area contributed by atoms with Crippen molar-refractivity contribution in [2.75, 3.05) is 0 Å². The molecule has 0 amide bonds. The van der Waals surface area contributed by atoms with E-state index in [-0.39, 0.29) is 23.3 Å². The quantitative estimate of drug-likeness (QED) is 0.464. The maximum atomic E-state index is 13.7. The maximum Gasteiger partial charge on any atom is 0.332 e. The molecule has 5 rings (SSSR count). The standard InChI is InChI=1S/C25H29N5O2/c1-15(2)7-12-22(23-27-19-11-8-16(14-26)13-20(19)28-23)30-21-6-4-3-5-18(21)24(31)29(25(30)32)17-9-10-17/h3-6,8,11,13,15,17,22H,7,9-10,12,14,26H2,1-2H3,(H,27,28). The Morgan fingerprint density at radius 1 is 1.12 bits per heavy atom. The van der Waals surface area contributed by atoms with Crippen molar-refractivity contribution in [3.63, 3.8) is 0 Å². The van der Waals surface area contributed by atoms with E-state index in [1.807, 2.05) is 42.5 Å². The second-order valence-electron chi connectivity index (χ2n) is 9.24. The molecule has 2 heterocycles. The molecule has 0 radical (unpaired) electrons. The molecule has 2 aromatic heterocycles. The molecule has 0 spiro atoms. The van der Waals surface area contributed by atoms with Crippen LogP contribution in [-0.2, 0) is 6.54 Å². The number of hydrogen-bond acceptors (Lipinski definition) is 4. The molecular formula is C25H29N5O2. The van der Waals surface area contributed by atoms with E-state index in [9.17, 15) is 9.59 Å². The topological polar surface area (TPSA) is 98.7 Å².